The first-order valence-corrected chi connectivity index (χ1v) is 10.8. The first-order valence-electron chi connectivity index (χ1n) is 10.5. The highest BCUT2D eigenvalue weighted by molar-refractivity contribution is 6.31. The SMILES string of the molecule is O=C(CC1CCCCC1)N(Cc1ccc(F)cc1Cl)Cc1c[nH]c2ccc(F)cc12. The number of H-pyrrole nitrogens is 1. The quantitative estimate of drug-likeness (QED) is 0.470. The highest BCUT2D eigenvalue weighted by Gasteiger charge is 2.23. The van der Waals surface area contributed by atoms with Crippen LogP contribution in [0.15, 0.2) is 42.6 Å². The van der Waals surface area contributed by atoms with Crippen molar-refractivity contribution in [1.29, 1.82) is 0 Å². The molecule has 6 heteroatoms. The van der Waals surface area contributed by atoms with Crippen LogP contribution in [0.3, 0.4) is 0 Å². The van der Waals surface area contributed by atoms with E-state index >= 15 is 0 Å². The lowest BCUT2D eigenvalue weighted by Gasteiger charge is -2.27. The summed E-state index contributed by atoms with van der Waals surface area (Å²) in [6.07, 6.45) is 8.05. The van der Waals surface area contributed by atoms with Crippen molar-refractivity contribution in [2.45, 2.75) is 51.6 Å². The number of fused-ring (bicyclic) bond motifs is 1. The molecule has 1 saturated carbocycles. The smallest absolute Gasteiger partial charge is 0.223 e. The molecule has 3 nitrogen and oxygen atoms in total. The Hall–Kier alpha value is -2.40. The Kier molecular flexibility index (Phi) is 6.38. The summed E-state index contributed by atoms with van der Waals surface area (Å²) in [6, 6.07) is 8.82. The van der Waals surface area contributed by atoms with E-state index in [2.05, 4.69) is 4.98 Å². The molecule has 0 unspecified atom stereocenters. The molecule has 0 bridgehead atoms. The average molecular weight is 431 g/mol. The maximum Gasteiger partial charge on any atom is 0.223 e. The Morgan fingerprint density at radius 2 is 1.70 bits per heavy atom. The Labute approximate surface area is 180 Å². The van der Waals surface area contributed by atoms with Crippen molar-refractivity contribution in [3.8, 4) is 0 Å². The van der Waals surface area contributed by atoms with Crippen molar-refractivity contribution >= 4 is 28.4 Å². The lowest BCUT2D eigenvalue weighted by molar-refractivity contribution is -0.133. The van der Waals surface area contributed by atoms with Gasteiger partial charge in [-0.2, -0.15) is 0 Å². The van der Waals surface area contributed by atoms with Gasteiger partial charge in [0, 0.05) is 41.6 Å². The van der Waals surface area contributed by atoms with E-state index in [0.717, 1.165) is 29.3 Å². The predicted octanol–water partition coefficient (Wildman–Crippen LogP) is 6.60. The Morgan fingerprint density at radius 1 is 1.00 bits per heavy atom. The van der Waals surface area contributed by atoms with Gasteiger partial charge in [0.1, 0.15) is 11.6 Å². The number of rotatable bonds is 6. The summed E-state index contributed by atoms with van der Waals surface area (Å²) in [5.41, 5.74) is 2.37. The fraction of sp³-hybridized carbons (Fsp3) is 0.375. The Bertz CT molecular complexity index is 1040. The zero-order valence-corrected chi connectivity index (χ0v) is 17.5. The third-order valence-electron chi connectivity index (χ3n) is 6.01. The molecule has 1 heterocycles. The maximum absolute atomic E-state index is 13.8. The first kappa shape index (κ1) is 20.9. The number of aromatic amines is 1. The molecule has 158 valence electrons. The lowest BCUT2D eigenvalue weighted by Crippen LogP contribution is -2.32. The molecule has 1 aliphatic carbocycles. The number of aromatic nitrogens is 1. The van der Waals surface area contributed by atoms with Crippen LogP contribution in [-0.4, -0.2) is 15.8 Å². The van der Waals surface area contributed by atoms with Gasteiger partial charge in [0.2, 0.25) is 5.91 Å². The number of hydrogen-bond donors (Lipinski definition) is 1. The number of nitrogens with one attached hydrogen (secondary N) is 1. The number of carbonyl (C=O) groups is 1. The largest absolute Gasteiger partial charge is 0.361 e. The fourth-order valence-electron chi connectivity index (χ4n) is 4.34. The molecule has 3 aromatic rings. The van der Waals surface area contributed by atoms with Crippen molar-refractivity contribution in [3.05, 3.63) is 70.4 Å². The van der Waals surface area contributed by atoms with Gasteiger partial charge in [-0.25, -0.2) is 8.78 Å². The molecule has 2 aromatic carbocycles. The summed E-state index contributed by atoms with van der Waals surface area (Å²) in [4.78, 5) is 18.1. The van der Waals surface area contributed by atoms with E-state index < -0.39 is 5.82 Å². The van der Waals surface area contributed by atoms with Gasteiger partial charge in [0.25, 0.3) is 0 Å². The van der Waals surface area contributed by atoms with Crippen molar-refractivity contribution in [1.82, 2.24) is 9.88 Å². The van der Waals surface area contributed by atoms with Crippen LogP contribution in [0.2, 0.25) is 5.02 Å². The molecule has 0 radical (unpaired) electrons. The van der Waals surface area contributed by atoms with Crippen LogP contribution in [0.25, 0.3) is 10.9 Å². The number of amides is 1. The van der Waals surface area contributed by atoms with Crippen LogP contribution >= 0.6 is 11.6 Å². The predicted molar refractivity (Wildman–Crippen MR) is 115 cm³/mol. The number of benzene rings is 2. The zero-order valence-electron chi connectivity index (χ0n) is 16.8. The van der Waals surface area contributed by atoms with Crippen molar-refractivity contribution in [3.63, 3.8) is 0 Å². The first-order chi connectivity index (χ1) is 14.5. The second kappa shape index (κ2) is 9.17. The van der Waals surface area contributed by atoms with Crippen molar-refractivity contribution in [2.75, 3.05) is 0 Å². The van der Waals surface area contributed by atoms with Crippen LogP contribution in [-0.2, 0) is 17.9 Å². The van der Waals surface area contributed by atoms with E-state index in [-0.39, 0.29) is 18.3 Å². The van der Waals surface area contributed by atoms with Gasteiger partial charge in [-0.3, -0.25) is 4.79 Å². The molecule has 1 aliphatic rings. The third-order valence-corrected chi connectivity index (χ3v) is 6.36. The van der Waals surface area contributed by atoms with Crippen LogP contribution in [0.1, 0.15) is 49.7 Å². The summed E-state index contributed by atoms with van der Waals surface area (Å²) >= 11 is 6.23. The Morgan fingerprint density at radius 3 is 2.47 bits per heavy atom. The zero-order chi connectivity index (χ0) is 21.1. The van der Waals surface area contributed by atoms with E-state index in [1.54, 1.807) is 17.0 Å². The van der Waals surface area contributed by atoms with Crippen LogP contribution in [0.4, 0.5) is 8.78 Å². The molecule has 0 spiro atoms. The third kappa shape index (κ3) is 4.84. The van der Waals surface area contributed by atoms with Gasteiger partial charge in [-0.1, -0.05) is 36.9 Å². The van der Waals surface area contributed by atoms with Gasteiger partial charge in [0.05, 0.1) is 0 Å². The molecule has 1 fully saturated rings. The number of nitrogens with zero attached hydrogens (tertiary/aromatic N) is 1. The fourth-order valence-corrected chi connectivity index (χ4v) is 4.57. The molecular formula is C24H25ClF2N2O. The molecule has 4 rings (SSSR count). The lowest BCUT2D eigenvalue weighted by atomic mass is 9.86. The minimum atomic E-state index is -0.407. The van der Waals surface area contributed by atoms with E-state index in [1.165, 1.54) is 43.5 Å². The van der Waals surface area contributed by atoms with Crippen LogP contribution in [0, 0.1) is 17.6 Å². The van der Waals surface area contributed by atoms with E-state index in [4.69, 9.17) is 11.6 Å². The van der Waals surface area contributed by atoms with Crippen molar-refractivity contribution < 1.29 is 13.6 Å². The standard InChI is InChI=1S/C24H25ClF2N2O/c25-22-12-20(27)7-6-17(22)14-29(24(30)10-16-4-2-1-3-5-16)15-18-13-28-23-9-8-19(26)11-21(18)23/h6-9,11-13,16,28H,1-5,10,14-15H2. The van der Waals surface area contributed by atoms with Crippen LogP contribution < -0.4 is 0 Å². The molecular weight excluding hydrogens is 406 g/mol. The molecule has 30 heavy (non-hydrogen) atoms. The summed E-state index contributed by atoms with van der Waals surface area (Å²) in [6.45, 7) is 0.620. The topological polar surface area (TPSA) is 36.1 Å². The summed E-state index contributed by atoms with van der Waals surface area (Å²) < 4.78 is 27.3. The monoisotopic (exact) mass is 430 g/mol. The highest BCUT2D eigenvalue weighted by atomic mass is 35.5. The Balaban J connectivity index is 1.59. The molecule has 0 aliphatic heterocycles. The van der Waals surface area contributed by atoms with Crippen LogP contribution in [0.5, 0.6) is 0 Å². The van der Waals surface area contributed by atoms with E-state index in [9.17, 15) is 13.6 Å². The molecule has 0 atom stereocenters. The van der Waals surface area contributed by atoms with Crippen molar-refractivity contribution in [2.24, 2.45) is 5.92 Å². The van der Waals surface area contributed by atoms with E-state index in [1.807, 2.05) is 6.20 Å². The minimum Gasteiger partial charge on any atom is -0.361 e. The van der Waals surface area contributed by atoms with Gasteiger partial charge >= 0.3 is 0 Å². The average Bonchev–Trinajstić information content (AvgIpc) is 3.12. The maximum atomic E-state index is 13.8. The highest BCUT2D eigenvalue weighted by Crippen LogP contribution is 2.29. The normalized spacial score (nSPS) is 14.9. The summed E-state index contributed by atoms with van der Waals surface area (Å²) in [5.74, 6) is -0.271. The van der Waals surface area contributed by atoms with Gasteiger partial charge in [-0.05, 0) is 60.2 Å². The second-order valence-electron chi connectivity index (χ2n) is 8.20. The molecule has 1 N–H and O–H groups in total. The van der Waals surface area contributed by atoms with E-state index in [0.29, 0.717) is 29.5 Å². The number of hydrogen-bond acceptors (Lipinski definition) is 1. The minimum absolute atomic E-state index is 0.0491. The molecule has 0 saturated heterocycles. The van der Waals surface area contributed by atoms with Gasteiger partial charge in [-0.15, -0.1) is 0 Å². The van der Waals surface area contributed by atoms with Gasteiger partial charge in [0.15, 0.2) is 0 Å². The van der Waals surface area contributed by atoms with Gasteiger partial charge < -0.3 is 9.88 Å². The number of halogens is 3. The second-order valence-corrected chi connectivity index (χ2v) is 8.60. The molecule has 1 amide bonds. The number of carbonyl (C=O) groups excluding carboxylic acids is 1. The summed E-state index contributed by atoms with van der Waals surface area (Å²) in [7, 11) is 0. The summed E-state index contributed by atoms with van der Waals surface area (Å²) in [5, 5.41) is 1.06. The molecule has 1 aromatic heterocycles.